The summed E-state index contributed by atoms with van der Waals surface area (Å²) in [5, 5.41) is 21.0. The topological polar surface area (TPSA) is 186 Å². The summed E-state index contributed by atoms with van der Waals surface area (Å²) in [5.41, 5.74) is 6.48. The monoisotopic (exact) mass is 498 g/mol. The molecule has 2 aromatic rings. The van der Waals surface area contributed by atoms with Crippen molar-refractivity contribution in [1.82, 2.24) is 16.0 Å². The Morgan fingerprint density at radius 3 is 1.92 bits per heavy atom. The number of nitro groups is 1. The first-order chi connectivity index (χ1) is 16.9. The Morgan fingerprint density at radius 1 is 0.806 bits per heavy atom. The highest BCUT2D eigenvalue weighted by Crippen LogP contribution is 2.16. The summed E-state index contributed by atoms with van der Waals surface area (Å²) >= 11 is 0. The van der Waals surface area contributed by atoms with E-state index in [9.17, 15) is 29.3 Å². The Hall–Kier alpha value is -4.48. The number of non-ortho nitro benzene ring substituents is 1. The van der Waals surface area contributed by atoms with Crippen LogP contribution in [0.25, 0.3) is 0 Å². The van der Waals surface area contributed by atoms with Gasteiger partial charge < -0.3 is 27.0 Å². The van der Waals surface area contributed by atoms with E-state index in [1.807, 2.05) is 0 Å². The average molecular weight is 499 g/mol. The number of rotatable bonds is 10. The minimum absolute atomic E-state index is 0.121. The van der Waals surface area contributed by atoms with Gasteiger partial charge in [-0.25, -0.2) is 0 Å². The first kappa shape index (κ1) is 27.8. The SMILES string of the molecule is CC(C)[C@H](NC(=O)[C@H](C)NC(=O)[C@H](C)NC(=O)c1ccccc1N)C(=O)Nc1ccc([N+](=O)[O-])cc1. The number of carbonyl (C=O) groups is 4. The third-order valence-corrected chi connectivity index (χ3v) is 5.29. The molecule has 0 fully saturated rings. The van der Waals surface area contributed by atoms with Crippen LogP contribution in [0.15, 0.2) is 48.5 Å². The number of nitrogen functional groups attached to an aromatic ring is 1. The number of para-hydroxylation sites is 1. The molecular formula is C24H30N6O6. The minimum Gasteiger partial charge on any atom is -0.398 e. The van der Waals surface area contributed by atoms with E-state index < -0.39 is 46.7 Å². The molecule has 4 amide bonds. The fourth-order valence-corrected chi connectivity index (χ4v) is 3.15. The van der Waals surface area contributed by atoms with Gasteiger partial charge in [-0.2, -0.15) is 0 Å². The summed E-state index contributed by atoms with van der Waals surface area (Å²) < 4.78 is 0. The molecule has 0 bridgehead atoms. The van der Waals surface area contributed by atoms with E-state index >= 15 is 0 Å². The molecule has 0 spiro atoms. The Balaban J connectivity index is 1.95. The second kappa shape index (κ2) is 12.3. The second-order valence-electron chi connectivity index (χ2n) is 8.54. The van der Waals surface area contributed by atoms with Crippen molar-refractivity contribution in [2.75, 3.05) is 11.1 Å². The highest BCUT2D eigenvalue weighted by Gasteiger charge is 2.28. The molecule has 12 nitrogen and oxygen atoms in total. The molecule has 0 aliphatic carbocycles. The number of nitrogens with one attached hydrogen (secondary N) is 4. The van der Waals surface area contributed by atoms with Gasteiger partial charge in [-0.15, -0.1) is 0 Å². The maximum Gasteiger partial charge on any atom is 0.269 e. The third kappa shape index (κ3) is 7.52. The van der Waals surface area contributed by atoms with Crippen LogP contribution >= 0.6 is 0 Å². The number of hydrogen-bond donors (Lipinski definition) is 5. The third-order valence-electron chi connectivity index (χ3n) is 5.29. The lowest BCUT2D eigenvalue weighted by molar-refractivity contribution is -0.384. The lowest BCUT2D eigenvalue weighted by atomic mass is 10.0. The smallest absolute Gasteiger partial charge is 0.269 e. The highest BCUT2D eigenvalue weighted by atomic mass is 16.6. The van der Waals surface area contributed by atoms with E-state index in [0.29, 0.717) is 5.69 Å². The van der Waals surface area contributed by atoms with Crippen molar-refractivity contribution in [2.24, 2.45) is 5.92 Å². The molecule has 0 saturated carbocycles. The van der Waals surface area contributed by atoms with Crippen molar-refractivity contribution in [3.05, 3.63) is 64.2 Å². The van der Waals surface area contributed by atoms with Crippen LogP contribution in [-0.4, -0.2) is 46.7 Å². The van der Waals surface area contributed by atoms with Crippen LogP contribution in [0.5, 0.6) is 0 Å². The van der Waals surface area contributed by atoms with E-state index in [4.69, 9.17) is 5.73 Å². The van der Waals surface area contributed by atoms with Gasteiger partial charge in [0.05, 0.1) is 10.5 Å². The van der Waals surface area contributed by atoms with E-state index in [0.717, 1.165) is 0 Å². The van der Waals surface area contributed by atoms with Crippen LogP contribution in [0.2, 0.25) is 0 Å². The van der Waals surface area contributed by atoms with E-state index in [1.165, 1.54) is 44.2 Å². The van der Waals surface area contributed by atoms with Gasteiger partial charge in [0.15, 0.2) is 0 Å². The Labute approximate surface area is 208 Å². The predicted molar refractivity (Wildman–Crippen MR) is 134 cm³/mol. The molecule has 192 valence electrons. The van der Waals surface area contributed by atoms with Crippen molar-refractivity contribution in [3.8, 4) is 0 Å². The maximum absolute atomic E-state index is 12.7. The van der Waals surface area contributed by atoms with Crippen LogP contribution in [-0.2, 0) is 14.4 Å². The number of anilines is 2. The zero-order valence-electron chi connectivity index (χ0n) is 20.4. The van der Waals surface area contributed by atoms with Crippen LogP contribution in [0.3, 0.4) is 0 Å². The van der Waals surface area contributed by atoms with Crippen LogP contribution in [0.1, 0.15) is 38.1 Å². The number of carbonyl (C=O) groups excluding carboxylic acids is 4. The van der Waals surface area contributed by atoms with Gasteiger partial charge in [-0.3, -0.25) is 29.3 Å². The average Bonchev–Trinajstić information content (AvgIpc) is 2.82. The van der Waals surface area contributed by atoms with Crippen molar-refractivity contribution < 1.29 is 24.1 Å². The number of nitrogens with zero attached hydrogens (tertiary/aromatic N) is 1. The zero-order chi connectivity index (χ0) is 27.0. The molecular weight excluding hydrogens is 468 g/mol. The van der Waals surface area contributed by atoms with E-state index in [1.54, 1.807) is 32.0 Å². The van der Waals surface area contributed by atoms with Crippen molar-refractivity contribution >= 4 is 40.7 Å². The summed E-state index contributed by atoms with van der Waals surface area (Å²) in [6.07, 6.45) is 0. The van der Waals surface area contributed by atoms with Gasteiger partial charge in [0, 0.05) is 23.5 Å². The molecule has 36 heavy (non-hydrogen) atoms. The van der Waals surface area contributed by atoms with Crippen molar-refractivity contribution in [1.29, 1.82) is 0 Å². The van der Waals surface area contributed by atoms with Gasteiger partial charge in [-0.05, 0) is 44.0 Å². The summed E-state index contributed by atoms with van der Waals surface area (Å²) in [6, 6.07) is 8.78. The maximum atomic E-state index is 12.7. The van der Waals surface area contributed by atoms with Gasteiger partial charge in [0.2, 0.25) is 17.7 Å². The van der Waals surface area contributed by atoms with Crippen LogP contribution in [0, 0.1) is 16.0 Å². The normalized spacial score (nSPS) is 13.1. The van der Waals surface area contributed by atoms with Crippen molar-refractivity contribution in [2.45, 2.75) is 45.8 Å². The molecule has 6 N–H and O–H groups in total. The summed E-state index contributed by atoms with van der Waals surface area (Å²) in [7, 11) is 0. The molecule has 3 atom stereocenters. The number of benzene rings is 2. The van der Waals surface area contributed by atoms with Crippen LogP contribution in [0.4, 0.5) is 17.1 Å². The molecule has 0 unspecified atom stereocenters. The van der Waals surface area contributed by atoms with E-state index in [2.05, 4.69) is 21.3 Å². The minimum atomic E-state index is -1.01. The molecule has 0 aliphatic heterocycles. The quantitative estimate of drug-likeness (QED) is 0.187. The molecule has 12 heteroatoms. The van der Waals surface area contributed by atoms with Gasteiger partial charge >= 0.3 is 0 Å². The Kier molecular flexibility index (Phi) is 9.48. The molecule has 0 heterocycles. The molecule has 0 saturated heterocycles. The first-order valence-corrected chi connectivity index (χ1v) is 11.2. The fourth-order valence-electron chi connectivity index (χ4n) is 3.15. The largest absolute Gasteiger partial charge is 0.398 e. The Bertz CT molecular complexity index is 1130. The molecule has 0 radical (unpaired) electrons. The number of nitrogens with two attached hydrogens (primary N) is 1. The van der Waals surface area contributed by atoms with Gasteiger partial charge in [0.25, 0.3) is 11.6 Å². The first-order valence-electron chi connectivity index (χ1n) is 11.2. The lowest BCUT2D eigenvalue weighted by Crippen LogP contribution is -2.55. The Morgan fingerprint density at radius 2 is 1.36 bits per heavy atom. The highest BCUT2D eigenvalue weighted by molar-refractivity contribution is 6.02. The predicted octanol–water partition coefficient (Wildman–Crippen LogP) is 1.58. The summed E-state index contributed by atoms with van der Waals surface area (Å²) in [5.74, 6) is -2.56. The summed E-state index contributed by atoms with van der Waals surface area (Å²) in [4.78, 5) is 60.5. The van der Waals surface area contributed by atoms with E-state index in [-0.39, 0.29) is 22.9 Å². The lowest BCUT2D eigenvalue weighted by Gasteiger charge is -2.24. The number of amides is 4. The zero-order valence-corrected chi connectivity index (χ0v) is 20.4. The standard InChI is InChI=1S/C24H30N6O6/c1-13(2)20(24(34)28-16-9-11-17(12-10-16)30(35)36)29-22(32)15(4)26-21(31)14(3)27-23(33)18-7-5-6-8-19(18)25/h5-15,20H,25H2,1-4H3,(H,26,31)(H,27,33)(H,28,34)(H,29,32)/t14-,15-,20-/m0/s1. The van der Waals surface area contributed by atoms with Crippen LogP contribution < -0.4 is 27.0 Å². The van der Waals surface area contributed by atoms with Gasteiger partial charge in [-0.1, -0.05) is 26.0 Å². The van der Waals surface area contributed by atoms with Crippen molar-refractivity contribution in [3.63, 3.8) is 0 Å². The number of nitro benzene ring substituents is 1. The summed E-state index contributed by atoms with van der Waals surface area (Å²) in [6.45, 7) is 6.38. The molecule has 2 rings (SSSR count). The molecule has 0 aliphatic rings. The fraction of sp³-hybridized carbons (Fsp3) is 0.333. The number of hydrogen-bond acceptors (Lipinski definition) is 7. The second-order valence-corrected chi connectivity index (χ2v) is 8.54. The molecule has 0 aromatic heterocycles. The molecule has 2 aromatic carbocycles. The van der Waals surface area contributed by atoms with Gasteiger partial charge in [0.1, 0.15) is 18.1 Å².